The molecule has 0 radical (unpaired) electrons. The quantitative estimate of drug-likeness (QED) is 0.613. The summed E-state index contributed by atoms with van der Waals surface area (Å²) < 4.78 is 46.0. The Morgan fingerprint density at radius 2 is 1.93 bits per heavy atom. The molecular formula is C19H17N3O6S2. The summed E-state index contributed by atoms with van der Waals surface area (Å²) in [6.45, 7) is 1.54. The third-order valence-corrected chi connectivity index (χ3v) is 6.93. The third kappa shape index (κ3) is 4.69. The molecule has 4 rings (SSSR count). The number of nitrogens with zero attached hydrogens (tertiary/aromatic N) is 2. The van der Waals surface area contributed by atoms with Crippen molar-refractivity contribution in [1.82, 2.24) is 9.36 Å². The first-order chi connectivity index (χ1) is 14.4. The number of ether oxygens (including phenoxy) is 3. The molecule has 0 spiro atoms. The Balaban J connectivity index is 1.41. The van der Waals surface area contributed by atoms with Gasteiger partial charge in [-0.05, 0) is 36.4 Å². The molecule has 1 amide bonds. The van der Waals surface area contributed by atoms with Crippen molar-refractivity contribution < 1.29 is 27.4 Å². The summed E-state index contributed by atoms with van der Waals surface area (Å²) in [4.78, 5) is 15.0. The van der Waals surface area contributed by atoms with Gasteiger partial charge in [-0.25, -0.2) is 8.42 Å². The number of sulfone groups is 1. The van der Waals surface area contributed by atoms with E-state index in [2.05, 4.69) is 14.7 Å². The van der Waals surface area contributed by atoms with Gasteiger partial charge in [-0.1, -0.05) is 12.1 Å². The average molecular weight is 447 g/mol. The van der Waals surface area contributed by atoms with Gasteiger partial charge in [-0.15, -0.1) is 4.37 Å². The highest BCUT2D eigenvalue weighted by Crippen LogP contribution is 2.32. The molecule has 0 aliphatic carbocycles. The highest BCUT2D eigenvalue weighted by atomic mass is 32.2. The molecule has 0 fully saturated rings. The van der Waals surface area contributed by atoms with E-state index in [4.69, 9.17) is 14.2 Å². The lowest BCUT2D eigenvalue weighted by Crippen LogP contribution is -2.35. The van der Waals surface area contributed by atoms with Crippen LogP contribution in [0.3, 0.4) is 0 Å². The maximum atomic E-state index is 12.7. The van der Waals surface area contributed by atoms with Crippen LogP contribution >= 0.6 is 11.5 Å². The number of fused-ring (bicyclic) bond motifs is 1. The van der Waals surface area contributed by atoms with Gasteiger partial charge in [0.1, 0.15) is 18.5 Å². The van der Waals surface area contributed by atoms with Gasteiger partial charge in [-0.3, -0.25) is 4.79 Å². The van der Waals surface area contributed by atoms with Crippen LogP contribution in [0.25, 0.3) is 0 Å². The SMILES string of the molecule is CC(=O)Nc1ccc(Oc2nsc(S(=O)(=O)CC3COc4ccccc4O3)n2)cc1. The molecule has 0 bridgehead atoms. The molecule has 1 aliphatic rings. The molecular weight excluding hydrogens is 430 g/mol. The van der Waals surface area contributed by atoms with Crippen molar-refractivity contribution in [2.24, 2.45) is 0 Å². The van der Waals surface area contributed by atoms with E-state index in [-0.39, 0.29) is 28.6 Å². The molecule has 1 unspecified atom stereocenters. The first-order valence-corrected chi connectivity index (χ1v) is 11.3. The Labute approximate surface area is 176 Å². The lowest BCUT2D eigenvalue weighted by molar-refractivity contribution is -0.114. The van der Waals surface area contributed by atoms with Crippen molar-refractivity contribution in [1.29, 1.82) is 0 Å². The van der Waals surface area contributed by atoms with Crippen LogP contribution < -0.4 is 19.5 Å². The number of aromatic nitrogens is 2. The fraction of sp³-hybridized carbons (Fsp3) is 0.211. The molecule has 1 aliphatic heterocycles. The average Bonchev–Trinajstić information content (AvgIpc) is 3.18. The minimum atomic E-state index is -3.74. The lowest BCUT2D eigenvalue weighted by atomic mass is 10.3. The van der Waals surface area contributed by atoms with E-state index in [9.17, 15) is 13.2 Å². The van der Waals surface area contributed by atoms with E-state index in [0.29, 0.717) is 22.9 Å². The highest BCUT2D eigenvalue weighted by Gasteiger charge is 2.30. The summed E-state index contributed by atoms with van der Waals surface area (Å²) >= 11 is 0.734. The first-order valence-electron chi connectivity index (χ1n) is 8.89. The smallest absolute Gasteiger partial charge is 0.335 e. The van der Waals surface area contributed by atoms with Crippen LogP contribution in [0.1, 0.15) is 6.92 Å². The zero-order valence-electron chi connectivity index (χ0n) is 15.8. The fourth-order valence-corrected chi connectivity index (χ4v) is 4.88. The Morgan fingerprint density at radius 3 is 2.67 bits per heavy atom. The molecule has 0 saturated carbocycles. The summed E-state index contributed by atoms with van der Waals surface area (Å²) in [7, 11) is -3.74. The molecule has 3 aromatic rings. The van der Waals surface area contributed by atoms with Crippen molar-refractivity contribution in [2.45, 2.75) is 17.4 Å². The van der Waals surface area contributed by atoms with Crippen molar-refractivity contribution in [2.75, 3.05) is 17.7 Å². The number of carbonyl (C=O) groups excluding carboxylic acids is 1. The molecule has 156 valence electrons. The third-order valence-electron chi connectivity index (χ3n) is 4.01. The summed E-state index contributed by atoms with van der Waals surface area (Å²) in [5.74, 6) is 1.03. The molecule has 1 atom stereocenters. The van der Waals surface area contributed by atoms with Gasteiger partial charge in [0.2, 0.25) is 20.1 Å². The molecule has 2 aromatic carbocycles. The number of hydrogen-bond acceptors (Lipinski definition) is 9. The van der Waals surface area contributed by atoms with Crippen LogP contribution in [0.2, 0.25) is 0 Å². The van der Waals surface area contributed by atoms with E-state index < -0.39 is 15.9 Å². The predicted molar refractivity (Wildman–Crippen MR) is 109 cm³/mol. The lowest BCUT2D eigenvalue weighted by Gasteiger charge is -2.25. The van der Waals surface area contributed by atoms with E-state index in [1.807, 2.05) is 6.07 Å². The molecule has 11 heteroatoms. The molecule has 1 N–H and O–H groups in total. The largest absolute Gasteiger partial charge is 0.486 e. The summed E-state index contributed by atoms with van der Waals surface area (Å²) in [5.41, 5.74) is 0.612. The maximum absolute atomic E-state index is 12.7. The molecule has 0 saturated heterocycles. The second kappa shape index (κ2) is 8.28. The molecule has 2 heterocycles. The highest BCUT2D eigenvalue weighted by molar-refractivity contribution is 7.93. The number of benzene rings is 2. The second-order valence-corrected chi connectivity index (χ2v) is 9.39. The van der Waals surface area contributed by atoms with Gasteiger partial charge in [0.25, 0.3) is 0 Å². The normalized spacial score (nSPS) is 15.4. The van der Waals surface area contributed by atoms with Gasteiger partial charge in [0.15, 0.2) is 11.5 Å². The number of rotatable bonds is 6. The minimum Gasteiger partial charge on any atom is -0.486 e. The van der Waals surface area contributed by atoms with Crippen LogP contribution in [-0.4, -0.2) is 42.1 Å². The molecule has 30 heavy (non-hydrogen) atoms. The van der Waals surface area contributed by atoms with E-state index in [1.54, 1.807) is 42.5 Å². The second-order valence-electron chi connectivity index (χ2n) is 6.43. The van der Waals surface area contributed by atoms with E-state index in [0.717, 1.165) is 11.5 Å². The van der Waals surface area contributed by atoms with Crippen LogP contribution in [0.4, 0.5) is 5.69 Å². The van der Waals surface area contributed by atoms with Gasteiger partial charge >= 0.3 is 6.01 Å². The maximum Gasteiger partial charge on any atom is 0.335 e. The van der Waals surface area contributed by atoms with Crippen molar-refractivity contribution in [3.8, 4) is 23.3 Å². The van der Waals surface area contributed by atoms with Crippen molar-refractivity contribution >= 4 is 33.0 Å². The van der Waals surface area contributed by atoms with Gasteiger partial charge in [0.05, 0.1) is 5.75 Å². The van der Waals surface area contributed by atoms with Gasteiger partial charge < -0.3 is 19.5 Å². The number of nitrogens with one attached hydrogen (secondary N) is 1. The summed E-state index contributed by atoms with van der Waals surface area (Å²) in [6.07, 6.45) is -0.653. The van der Waals surface area contributed by atoms with Crippen LogP contribution in [0.15, 0.2) is 52.9 Å². The zero-order chi connectivity index (χ0) is 21.1. The first kappa shape index (κ1) is 20.1. The van der Waals surface area contributed by atoms with Crippen LogP contribution in [0, 0.1) is 0 Å². The Kier molecular flexibility index (Phi) is 5.55. The number of carbonyl (C=O) groups is 1. The van der Waals surface area contributed by atoms with Crippen LogP contribution in [-0.2, 0) is 14.6 Å². The summed E-state index contributed by atoms with van der Waals surface area (Å²) in [5, 5.41) is 2.64. The summed E-state index contributed by atoms with van der Waals surface area (Å²) in [6, 6.07) is 13.6. The van der Waals surface area contributed by atoms with Crippen LogP contribution in [0.5, 0.6) is 23.3 Å². The number of amides is 1. The van der Waals surface area contributed by atoms with Crippen molar-refractivity contribution in [3.05, 3.63) is 48.5 Å². The van der Waals surface area contributed by atoms with E-state index in [1.165, 1.54) is 6.92 Å². The minimum absolute atomic E-state index is 0.0722. The molecule has 1 aromatic heterocycles. The predicted octanol–water partition coefficient (Wildman–Crippen LogP) is 2.90. The molecule has 9 nitrogen and oxygen atoms in total. The van der Waals surface area contributed by atoms with Gasteiger partial charge in [0, 0.05) is 24.1 Å². The number of anilines is 1. The Morgan fingerprint density at radius 1 is 1.20 bits per heavy atom. The zero-order valence-corrected chi connectivity index (χ0v) is 17.4. The number of hydrogen-bond donors (Lipinski definition) is 1. The monoisotopic (exact) mass is 447 g/mol. The topological polar surface area (TPSA) is 117 Å². The fourth-order valence-electron chi connectivity index (χ4n) is 2.74. The standard InChI is InChI=1S/C19H17N3O6S2/c1-12(23)20-13-6-8-14(9-7-13)28-18-21-19(29-22-18)30(24,25)11-15-10-26-16-4-2-3-5-17(16)27-15/h2-9,15H,10-11H2,1H3,(H,20,23). The van der Waals surface area contributed by atoms with E-state index >= 15 is 0 Å². The van der Waals surface area contributed by atoms with Gasteiger partial charge in [-0.2, -0.15) is 4.98 Å². The Bertz CT molecular complexity index is 1160. The van der Waals surface area contributed by atoms with Crippen molar-refractivity contribution in [3.63, 3.8) is 0 Å². The Hall–Kier alpha value is -3.18. The number of para-hydroxylation sites is 2.